The average molecular weight is 251 g/mol. The maximum Gasteiger partial charge on any atom is 0.0614 e. The zero-order chi connectivity index (χ0) is 13.7. The second kappa shape index (κ2) is 5.85. The van der Waals surface area contributed by atoms with Crippen LogP contribution in [0.3, 0.4) is 0 Å². The molecule has 0 spiro atoms. The number of benzene rings is 2. The molecule has 0 radical (unpaired) electrons. The number of likely N-dealkylation sites (N-methyl/N-ethyl adjacent to an activating group) is 1. The van der Waals surface area contributed by atoms with Crippen LogP contribution in [0, 0.1) is 0 Å². The van der Waals surface area contributed by atoms with Crippen LogP contribution >= 0.6 is 0 Å². The third-order valence-electron chi connectivity index (χ3n) is 3.81. The van der Waals surface area contributed by atoms with E-state index in [4.69, 9.17) is 0 Å². The summed E-state index contributed by atoms with van der Waals surface area (Å²) in [6.45, 7) is 7.14. The lowest BCUT2D eigenvalue weighted by Crippen LogP contribution is -2.38. The van der Waals surface area contributed by atoms with E-state index in [0.29, 0.717) is 0 Å². The molecule has 0 amide bonds. The minimum Gasteiger partial charge on any atom is -0.289 e. The van der Waals surface area contributed by atoms with Gasteiger partial charge in [-0.25, -0.2) is 0 Å². The molecule has 0 saturated heterocycles. The minimum absolute atomic E-state index is 0.156. The van der Waals surface area contributed by atoms with E-state index in [0.717, 1.165) is 6.54 Å². The molecule has 2 rings (SSSR count). The van der Waals surface area contributed by atoms with E-state index in [1.807, 2.05) is 18.2 Å². The summed E-state index contributed by atoms with van der Waals surface area (Å²) >= 11 is 0. The quantitative estimate of drug-likeness (QED) is 0.719. The lowest BCUT2D eigenvalue weighted by molar-refractivity contribution is 0.178. The second-order valence-corrected chi connectivity index (χ2v) is 5.06. The highest BCUT2D eigenvalue weighted by Crippen LogP contribution is 2.29. The molecule has 0 fully saturated rings. The van der Waals surface area contributed by atoms with Crippen LogP contribution in [0.25, 0.3) is 0 Å². The van der Waals surface area contributed by atoms with Crippen molar-refractivity contribution >= 4 is 0 Å². The van der Waals surface area contributed by atoms with Crippen molar-refractivity contribution in [3.8, 4) is 0 Å². The van der Waals surface area contributed by atoms with Crippen LogP contribution in [0.1, 0.15) is 18.1 Å². The Hall–Kier alpha value is -1.86. The Morgan fingerprint density at radius 2 is 1.53 bits per heavy atom. The zero-order valence-corrected chi connectivity index (χ0v) is 11.7. The van der Waals surface area contributed by atoms with E-state index in [2.05, 4.69) is 74.0 Å². The van der Waals surface area contributed by atoms with Gasteiger partial charge in [0, 0.05) is 6.54 Å². The smallest absolute Gasteiger partial charge is 0.0614 e. The lowest BCUT2D eigenvalue weighted by atomic mass is 9.90. The van der Waals surface area contributed by atoms with Crippen molar-refractivity contribution in [2.24, 2.45) is 0 Å². The van der Waals surface area contributed by atoms with Crippen molar-refractivity contribution < 1.29 is 0 Å². The van der Waals surface area contributed by atoms with Crippen molar-refractivity contribution in [3.63, 3.8) is 0 Å². The summed E-state index contributed by atoms with van der Waals surface area (Å²) in [5.41, 5.74) is 2.43. The molecule has 2 aromatic carbocycles. The summed E-state index contributed by atoms with van der Waals surface area (Å²) in [5.74, 6) is 0. The number of rotatable bonds is 5. The van der Waals surface area contributed by atoms with Crippen molar-refractivity contribution in [2.75, 3.05) is 7.05 Å². The van der Waals surface area contributed by atoms with Gasteiger partial charge in [-0.2, -0.15) is 0 Å². The largest absolute Gasteiger partial charge is 0.289 e. The number of nitrogens with zero attached hydrogens (tertiary/aromatic N) is 1. The van der Waals surface area contributed by atoms with Gasteiger partial charge in [-0.3, -0.25) is 4.90 Å². The Morgan fingerprint density at radius 1 is 1.00 bits per heavy atom. The minimum atomic E-state index is -0.156. The van der Waals surface area contributed by atoms with Gasteiger partial charge in [0.15, 0.2) is 0 Å². The van der Waals surface area contributed by atoms with Crippen LogP contribution in [0.5, 0.6) is 0 Å². The molecular formula is C18H21N. The fraction of sp³-hybridized carbons (Fsp3) is 0.222. The molecule has 0 aliphatic carbocycles. The molecule has 0 aliphatic heterocycles. The van der Waals surface area contributed by atoms with Crippen LogP contribution in [-0.4, -0.2) is 11.9 Å². The van der Waals surface area contributed by atoms with E-state index < -0.39 is 0 Å². The lowest BCUT2D eigenvalue weighted by Gasteiger charge is -2.37. The first kappa shape index (κ1) is 13.6. The van der Waals surface area contributed by atoms with Gasteiger partial charge < -0.3 is 0 Å². The fourth-order valence-electron chi connectivity index (χ4n) is 2.29. The molecule has 19 heavy (non-hydrogen) atoms. The highest BCUT2D eigenvalue weighted by Gasteiger charge is 2.27. The van der Waals surface area contributed by atoms with Crippen LogP contribution < -0.4 is 0 Å². The molecule has 1 heteroatoms. The third kappa shape index (κ3) is 2.94. The molecule has 0 heterocycles. The molecular weight excluding hydrogens is 230 g/mol. The summed E-state index contributed by atoms with van der Waals surface area (Å²) in [4.78, 5) is 2.32. The summed E-state index contributed by atoms with van der Waals surface area (Å²) in [6.07, 6.45) is 2.02. The standard InChI is InChI=1S/C18H21N/c1-4-18(2,17-13-9-6-10-14-17)19(3)15-16-11-7-5-8-12-16/h4-14H,1,15H2,2-3H3. The van der Waals surface area contributed by atoms with Crippen molar-refractivity contribution in [1.29, 1.82) is 0 Å². The molecule has 0 aromatic heterocycles. The SMILES string of the molecule is C=CC(C)(c1ccccc1)N(C)Cc1ccccc1. The van der Waals surface area contributed by atoms with Crippen LogP contribution in [-0.2, 0) is 12.1 Å². The van der Waals surface area contributed by atoms with Gasteiger partial charge in [-0.15, -0.1) is 6.58 Å². The van der Waals surface area contributed by atoms with Gasteiger partial charge in [0.25, 0.3) is 0 Å². The Morgan fingerprint density at radius 3 is 2.05 bits per heavy atom. The zero-order valence-electron chi connectivity index (χ0n) is 11.7. The molecule has 1 atom stereocenters. The van der Waals surface area contributed by atoms with Gasteiger partial charge in [0.1, 0.15) is 0 Å². The van der Waals surface area contributed by atoms with Crippen LogP contribution in [0.15, 0.2) is 73.3 Å². The first-order valence-electron chi connectivity index (χ1n) is 6.61. The van der Waals surface area contributed by atoms with E-state index in [9.17, 15) is 0 Å². The normalized spacial score (nSPS) is 14.1. The van der Waals surface area contributed by atoms with Gasteiger partial charge >= 0.3 is 0 Å². The summed E-state index contributed by atoms with van der Waals surface area (Å²) in [6, 6.07) is 21.0. The topological polar surface area (TPSA) is 3.24 Å². The fourth-order valence-corrected chi connectivity index (χ4v) is 2.29. The summed E-state index contributed by atoms with van der Waals surface area (Å²) in [5, 5.41) is 0. The van der Waals surface area contributed by atoms with E-state index in [1.165, 1.54) is 11.1 Å². The molecule has 1 unspecified atom stereocenters. The molecule has 0 saturated carbocycles. The van der Waals surface area contributed by atoms with Gasteiger partial charge in [0.05, 0.1) is 5.54 Å². The maximum absolute atomic E-state index is 4.03. The van der Waals surface area contributed by atoms with Crippen LogP contribution in [0.4, 0.5) is 0 Å². The molecule has 1 nitrogen and oxygen atoms in total. The second-order valence-electron chi connectivity index (χ2n) is 5.06. The third-order valence-corrected chi connectivity index (χ3v) is 3.81. The number of hydrogen-bond acceptors (Lipinski definition) is 1. The van der Waals surface area contributed by atoms with Gasteiger partial charge in [-0.05, 0) is 25.1 Å². The summed E-state index contributed by atoms with van der Waals surface area (Å²) < 4.78 is 0. The molecule has 0 bridgehead atoms. The van der Waals surface area contributed by atoms with E-state index in [1.54, 1.807) is 0 Å². The maximum atomic E-state index is 4.03. The van der Waals surface area contributed by atoms with Crippen molar-refractivity contribution in [1.82, 2.24) is 4.90 Å². The number of hydrogen-bond donors (Lipinski definition) is 0. The van der Waals surface area contributed by atoms with Gasteiger partial charge in [0.2, 0.25) is 0 Å². The monoisotopic (exact) mass is 251 g/mol. The molecule has 98 valence electrons. The van der Waals surface area contributed by atoms with E-state index >= 15 is 0 Å². The average Bonchev–Trinajstić information content (AvgIpc) is 2.48. The Labute approximate surface area is 116 Å². The molecule has 0 N–H and O–H groups in total. The van der Waals surface area contributed by atoms with E-state index in [-0.39, 0.29) is 5.54 Å². The van der Waals surface area contributed by atoms with Crippen LogP contribution in [0.2, 0.25) is 0 Å². The highest BCUT2D eigenvalue weighted by atomic mass is 15.2. The first-order valence-corrected chi connectivity index (χ1v) is 6.61. The predicted molar refractivity (Wildman–Crippen MR) is 81.9 cm³/mol. The summed E-state index contributed by atoms with van der Waals surface area (Å²) in [7, 11) is 2.14. The highest BCUT2D eigenvalue weighted by molar-refractivity contribution is 5.29. The van der Waals surface area contributed by atoms with Crippen molar-refractivity contribution in [3.05, 3.63) is 84.4 Å². The molecule has 2 aromatic rings. The molecule has 0 aliphatic rings. The predicted octanol–water partition coefficient (Wildman–Crippen LogP) is 4.22. The van der Waals surface area contributed by atoms with Crippen molar-refractivity contribution in [2.45, 2.75) is 19.0 Å². The van der Waals surface area contributed by atoms with Gasteiger partial charge in [-0.1, -0.05) is 66.7 Å². The Balaban J connectivity index is 2.24. The Bertz CT molecular complexity index is 518. The first-order chi connectivity index (χ1) is 9.16. The Kier molecular flexibility index (Phi) is 4.18.